The maximum Gasteiger partial charge on any atom is 0.459 e. The van der Waals surface area contributed by atoms with Gasteiger partial charge in [0.25, 0.3) is 0 Å². The Morgan fingerprint density at radius 1 is 1.26 bits per heavy atom. The van der Waals surface area contributed by atoms with E-state index in [-0.39, 0.29) is 36.2 Å². The van der Waals surface area contributed by atoms with Crippen molar-refractivity contribution in [2.24, 2.45) is 11.3 Å². The van der Waals surface area contributed by atoms with Gasteiger partial charge in [0.15, 0.2) is 11.2 Å². The van der Waals surface area contributed by atoms with E-state index in [2.05, 4.69) is 20.0 Å². The summed E-state index contributed by atoms with van der Waals surface area (Å²) < 4.78 is 44.1. The number of nitrogens with zero attached hydrogens (tertiary/aromatic N) is 4. The third-order valence-corrected chi connectivity index (χ3v) is 8.02. The first-order valence-electron chi connectivity index (χ1n) is 13.7. The summed E-state index contributed by atoms with van der Waals surface area (Å²) in [6, 6.07) is 7.38. The largest absolute Gasteiger partial charge is 0.476 e. The van der Waals surface area contributed by atoms with Crippen LogP contribution in [0, 0.1) is 11.3 Å². The smallest absolute Gasteiger partial charge is 0.459 e. The van der Waals surface area contributed by atoms with Crippen LogP contribution in [0.4, 0.5) is 5.95 Å². The highest BCUT2D eigenvalue weighted by Gasteiger charge is 2.44. The Hall–Kier alpha value is -3.29. The molecule has 0 saturated carbocycles. The number of nitrogens with one attached hydrogen (secondary N) is 1. The number of hydrogen-bond acceptors (Lipinski definition) is 12. The van der Waals surface area contributed by atoms with Gasteiger partial charge >= 0.3 is 13.7 Å². The van der Waals surface area contributed by atoms with E-state index in [0.29, 0.717) is 17.8 Å². The van der Waals surface area contributed by atoms with Gasteiger partial charge in [-0.15, -0.1) is 0 Å². The van der Waals surface area contributed by atoms with E-state index in [4.69, 9.17) is 29.0 Å². The number of aliphatic hydroxyl groups excluding tert-OH is 1. The Kier molecular flexibility index (Phi) is 9.74. The van der Waals surface area contributed by atoms with Gasteiger partial charge in [0.05, 0.1) is 32.3 Å². The molecule has 2 unspecified atom stereocenters. The van der Waals surface area contributed by atoms with Crippen LogP contribution in [-0.4, -0.2) is 68.7 Å². The summed E-state index contributed by atoms with van der Waals surface area (Å²) in [5.74, 6) is -0.564. The van der Waals surface area contributed by atoms with Gasteiger partial charge in [-0.25, -0.2) is 9.55 Å². The van der Waals surface area contributed by atoms with E-state index >= 15 is 0 Å². The number of benzene rings is 1. The topological polar surface area (TPSA) is 182 Å². The first kappa shape index (κ1) is 31.6. The van der Waals surface area contributed by atoms with Crippen LogP contribution in [0.1, 0.15) is 47.8 Å². The second-order valence-electron chi connectivity index (χ2n) is 11.3. The van der Waals surface area contributed by atoms with Crippen LogP contribution in [0.3, 0.4) is 0 Å². The number of hydrogen-bond donors (Lipinski definition) is 3. The maximum atomic E-state index is 13.9. The minimum absolute atomic E-state index is 0.000924. The Balaban J connectivity index is 1.51. The molecule has 1 aliphatic rings. The van der Waals surface area contributed by atoms with Crippen molar-refractivity contribution >= 4 is 30.8 Å². The molecule has 3 heterocycles. The minimum Gasteiger partial charge on any atom is -0.476 e. The van der Waals surface area contributed by atoms with Crippen LogP contribution in [0.5, 0.6) is 11.6 Å². The molecule has 0 amide bonds. The summed E-state index contributed by atoms with van der Waals surface area (Å²) in [5.41, 5.74) is 6.42. The SMILES string of the molecule is CCOc1nc(N)nc2c1ncn2[C@@H]1O[C@H](COP(=O)(N[C@@H](C)C(=O)OCC(C)(C)C)Oc2ccccc2)[C@@H](O)C1C. The van der Waals surface area contributed by atoms with Crippen LogP contribution in [0.15, 0.2) is 36.7 Å². The lowest BCUT2D eigenvalue weighted by molar-refractivity contribution is -0.148. The zero-order valence-corrected chi connectivity index (χ0v) is 25.5. The number of carbonyl (C=O) groups excluding carboxylic acids is 1. The molecule has 1 saturated heterocycles. The molecular formula is C27H39N6O8P. The van der Waals surface area contributed by atoms with E-state index in [1.54, 1.807) is 41.8 Å². The number of nitrogens with two attached hydrogens (primary N) is 1. The van der Waals surface area contributed by atoms with Gasteiger partial charge in [-0.1, -0.05) is 45.9 Å². The van der Waals surface area contributed by atoms with Crippen LogP contribution in [-0.2, 0) is 23.4 Å². The van der Waals surface area contributed by atoms with Crippen LogP contribution >= 0.6 is 7.75 Å². The highest BCUT2D eigenvalue weighted by atomic mass is 31.2. The average Bonchev–Trinajstić information content (AvgIpc) is 3.46. The van der Waals surface area contributed by atoms with Crippen molar-refractivity contribution in [2.75, 3.05) is 25.6 Å². The monoisotopic (exact) mass is 606 g/mol. The summed E-state index contributed by atoms with van der Waals surface area (Å²) in [4.78, 5) is 25.4. The standard InChI is InChI=1S/C27H39N6O8P/c1-7-37-23-20-22(30-26(28)31-23)33(15-29-20)24-16(2)21(34)19(40-24)13-39-42(36,41-18-11-9-8-10-12-18)32-17(3)25(35)38-14-27(4,5)6/h8-12,15-17,19,21,24,34H,7,13-14H2,1-6H3,(H,32,36)(H2,28,30,31)/t16?,17-,19+,21-,24+,42?/m0/s1. The third kappa shape index (κ3) is 7.56. The quantitative estimate of drug-likeness (QED) is 0.201. The molecule has 42 heavy (non-hydrogen) atoms. The lowest BCUT2D eigenvalue weighted by Gasteiger charge is -2.25. The molecule has 4 rings (SSSR count). The van der Waals surface area contributed by atoms with Crippen LogP contribution < -0.4 is 20.1 Å². The molecule has 6 atom stereocenters. The number of fused-ring (bicyclic) bond motifs is 1. The lowest BCUT2D eigenvalue weighted by atomic mass is 9.99. The van der Waals surface area contributed by atoms with E-state index < -0.39 is 44.1 Å². The lowest BCUT2D eigenvalue weighted by Crippen LogP contribution is -2.37. The Morgan fingerprint density at radius 3 is 2.64 bits per heavy atom. The second-order valence-corrected chi connectivity index (χ2v) is 13.0. The number of aliphatic hydroxyl groups is 1. The van der Waals surface area contributed by atoms with Crippen molar-refractivity contribution in [3.63, 3.8) is 0 Å². The summed E-state index contributed by atoms with van der Waals surface area (Å²) in [6.07, 6.45) is -1.13. The number of carbonyl (C=O) groups is 1. The van der Waals surface area contributed by atoms with Crippen molar-refractivity contribution in [2.45, 2.75) is 66.0 Å². The van der Waals surface area contributed by atoms with E-state index in [9.17, 15) is 14.5 Å². The van der Waals surface area contributed by atoms with Gasteiger partial charge in [0.1, 0.15) is 24.1 Å². The van der Waals surface area contributed by atoms with Crippen molar-refractivity contribution in [1.82, 2.24) is 24.6 Å². The molecule has 2 aromatic heterocycles. The normalized spacial score (nSPS) is 22.9. The second kappa shape index (κ2) is 12.9. The molecule has 14 nitrogen and oxygen atoms in total. The summed E-state index contributed by atoms with van der Waals surface area (Å²) in [6.45, 7) is 11.1. The highest BCUT2D eigenvalue weighted by molar-refractivity contribution is 7.52. The zero-order chi connectivity index (χ0) is 30.7. The Morgan fingerprint density at radius 2 is 1.98 bits per heavy atom. The maximum absolute atomic E-state index is 13.9. The molecule has 1 fully saturated rings. The highest BCUT2D eigenvalue weighted by Crippen LogP contribution is 2.46. The number of aromatic nitrogens is 4. The van der Waals surface area contributed by atoms with Gasteiger partial charge in [-0.05, 0) is 31.4 Å². The fraction of sp³-hybridized carbons (Fsp3) is 0.556. The van der Waals surface area contributed by atoms with Gasteiger partial charge in [0.2, 0.25) is 11.8 Å². The molecule has 1 aromatic carbocycles. The predicted molar refractivity (Wildman–Crippen MR) is 154 cm³/mol. The summed E-state index contributed by atoms with van der Waals surface area (Å²) in [7, 11) is -4.17. The molecular weight excluding hydrogens is 567 g/mol. The number of ether oxygens (including phenoxy) is 3. The summed E-state index contributed by atoms with van der Waals surface area (Å²) >= 11 is 0. The molecule has 230 valence electrons. The molecule has 3 aromatic rings. The van der Waals surface area contributed by atoms with Crippen molar-refractivity contribution < 1.29 is 37.7 Å². The first-order chi connectivity index (χ1) is 19.8. The predicted octanol–water partition coefficient (Wildman–Crippen LogP) is 3.47. The Labute approximate surface area is 244 Å². The zero-order valence-electron chi connectivity index (χ0n) is 24.6. The first-order valence-corrected chi connectivity index (χ1v) is 15.2. The number of rotatable bonds is 12. The number of anilines is 1. The van der Waals surface area contributed by atoms with E-state index in [1.807, 2.05) is 27.7 Å². The van der Waals surface area contributed by atoms with Gasteiger partial charge in [-0.3, -0.25) is 13.9 Å². The molecule has 0 aliphatic carbocycles. The molecule has 1 aliphatic heterocycles. The number of nitrogen functional groups attached to an aromatic ring is 1. The minimum atomic E-state index is -4.17. The fourth-order valence-electron chi connectivity index (χ4n) is 4.26. The number of para-hydroxylation sites is 1. The third-order valence-electron chi connectivity index (χ3n) is 6.38. The van der Waals surface area contributed by atoms with Crippen LogP contribution in [0.25, 0.3) is 11.2 Å². The molecule has 0 spiro atoms. The van der Waals surface area contributed by atoms with Gasteiger partial charge in [0, 0.05) is 5.92 Å². The molecule has 15 heteroatoms. The molecule has 0 radical (unpaired) electrons. The fourth-order valence-corrected chi connectivity index (χ4v) is 5.76. The van der Waals surface area contributed by atoms with Gasteiger partial charge < -0.3 is 29.6 Å². The van der Waals surface area contributed by atoms with Crippen molar-refractivity contribution in [1.29, 1.82) is 0 Å². The van der Waals surface area contributed by atoms with Gasteiger partial charge in [-0.2, -0.15) is 15.1 Å². The summed E-state index contributed by atoms with van der Waals surface area (Å²) in [5, 5.41) is 13.7. The molecule has 0 bridgehead atoms. The van der Waals surface area contributed by atoms with Crippen molar-refractivity contribution in [3.8, 4) is 11.6 Å². The van der Waals surface area contributed by atoms with E-state index in [0.717, 1.165) is 0 Å². The average molecular weight is 607 g/mol. The Bertz CT molecular complexity index is 1410. The van der Waals surface area contributed by atoms with E-state index in [1.165, 1.54) is 13.3 Å². The molecule has 4 N–H and O–H groups in total. The number of imidazole rings is 1. The van der Waals surface area contributed by atoms with Crippen LogP contribution in [0.2, 0.25) is 0 Å². The number of esters is 1. The van der Waals surface area contributed by atoms with Crippen molar-refractivity contribution in [3.05, 3.63) is 36.7 Å².